The van der Waals surface area contributed by atoms with Crippen LogP contribution in [0.4, 0.5) is 0 Å². The van der Waals surface area contributed by atoms with Gasteiger partial charge in [-0.05, 0) is 91.9 Å². The summed E-state index contributed by atoms with van der Waals surface area (Å²) in [6, 6.07) is 0. The minimum Gasteiger partial charge on any atom is -0.400 e. The molecule has 6 unspecified atom stereocenters. The minimum absolute atomic E-state index is 0.402. The molecule has 0 aromatic carbocycles. The van der Waals surface area contributed by atoms with Crippen LogP contribution in [0.5, 0.6) is 0 Å². The molecule has 4 saturated carbocycles. The Balaban J connectivity index is 0.000000602. The zero-order valence-electron chi connectivity index (χ0n) is 14.1. The predicted molar refractivity (Wildman–Crippen MR) is 87.3 cm³/mol. The molecule has 1 N–H and O–H groups in total. The Morgan fingerprint density at radius 1 is 1.09 bits per heavy atom. The average molecular weight is 302 g/mol. The molecule has 0 amide bonds. The molecule has 122 valence electrons. The number of allylic oxidation sites excluding steroid dienone is 1. The number of carbonyl (C=O) groups excluding carboxylic acids is 1. The van der Waals surface area contributed by atoms with Gasteiger partial charge < -0.3 is 5.11 Å². The molecule has 6 atom stereocenters. The lowest BCUT2D eigenvalue weighted by Gasteiger charge is -2.54. The predicted octanol–water partition coefficient (Wildman–Crippen LogP) is 4.13. The Kier molecular flexibility index (Phi) is 3.35. The van der Waals surface area contributed by atoms with Crippen LogP contribution in [-0.2, 0) is 4.79 Å². The van der Waals surface area contributed by atoms with E-state index in [0.29, 0.717) is 11.2 Å². The number of carbonyl (C=O) groups is 1. The maximum Gasteiger partial charge on any atom is 0.155 e. The number of fused-ring (bicyclic) bond motifs is 3. The first kappa shape index (κ1) is 14.9. The summed E-state index contributed by atoms with van der Waals surface area (Å²) in [5, 5.41) is 7.00. The maximum atomic E-state index is 11.7. The molecule has 0 aliphatic heterocycles. The summed E-state index contributed by atoms with van der Waals surface area (Å²) in [5.74, 6) is 4.20. The Hall–Kier alpha value is -0.630. The highest BCUT2D eigenvalue weighted by atomic mass is 16.2. The Bertz CT molecular complexity index is 522. The Morgan fingerprint density at radius 3 is 2.64 bits per heavy atom. The van der Waals surface area contributed by atoms with Gasteiger partial charge in [-0.25, -0.2) is 0 Å². The van der Waals surface area contributed by atoms with E-state index < -0.39 is 0 Å². The van der Waals surface area contributed by atoms with Gasteiger partial charge in [0.25, 0.3) is 0 Å². The molecule has 5 rings (SSSR count). The fourth-order valence-electron chi connectivity index (χ4n) is 7.39. The Morgan fingerprint density at radius 2 is 1.86 bits per heavy atom. The number of aliphatic hydroxyl groups excluding tert-OH is 1. The van der Waals surface area contributed by atoms with E-state index >= 15 is 0 Å². The van der Waals surface area contributed by atoms with Gasteiger partial charge in [-0.1, -0.05) is 12.5 Å². The van der Waals surface area contributed by atoms with Crippen molar-refractivity contribution in [2.75, 3.05) is 7.11 Å². The van der Waals surface area contributed by atoms with E-state index in [1.165, 1.54) is 50.5 Å². The largest absolute Gasteiger partial charge is 0.400 e. The first-order valence-corrected chi connectivity index (χ1v) is 9.32. The molecule has 0 bridgehead atoms. The van der Waals surface area contributed by atoms with Gasteiger partial charge in [-0.3, -0.25) is 4.79 Å². The van der Waals surface area contributed by atoms with Crippen molar-refractivity contribution in [1.29, 1.82) is 0 Å². The third-order valence-electron chi connectivity index (χ3n) is 8.31. The fourth-order valence-corrected chi connectivity index (χ4v) is 7.39. The second-order valence-corrected chi connectivity index (χ2v) is 8.72. The second kappa shape index (κ2) is 4.93. The van der Waals surface area contributed by atoms with Crippen molar-refractivity contribution in [2.45, 2.75) is 64.7 Å². The van der Waals surface area contributed by atoms with E-state index in [0.717, 1.165) is 42.6 Å². The molecular weight excluding hydrogens is 272 g/mol. The summed E-state index contributed by atoms with van der Waals surface area (Å²) in [6.07, 6.45) is 14.2. The smallest absolute Gasteiger partial charge is 0.155 e. The molecule has 2 heteroatoms. The van der Waals surface area contributed by atoms with Gasteiger partial charge in [0.05, 0.1) is 0 Å². The highest BCUT2D eigenvalue weighted by molar-refractivity contribution is 5.91. The van der Waals surface area contributed by atoms with Gasteiger partial charge in [0.2, 0.25) is 0 Å². The lowest BCUT2D eigenvalue weighted by atomic mass is 9.50. The molecule has 4 fully saturated rings. The van der Waals surface area contributed by atoms with Gasteiger partial charge in [0, 0.05) is 13.5 Å². The molecule has 0 saturated heterocycles. The van der Waals surface area contributed by atoms with Crippen LogP contribution in [-0.4, -0.2) is 18.0 Å². The van der Waals surface area contributed by atoms with E-state index in [1.54, 1.807) is 6.42 Å². The maximum absolute atomic E-state index is 11.7. The molecule has 2 nitrogen and oxygen atoms in total. The standard InChI is InChI=1S/C19H26O.CH4O/c1-18-8-6-13-11-19(13,18)17-5-2-12-10-14(20)3-4-15(12)16(17)7-9-18;1-2/h10,13,15-17H,2-9,11H2,1H3;2H,1H3. The van der Waals surface area contributed by atoms with Crippen LogP contribution in [0.2, 0.25) is 0 Å². The van der Waals surface area contributed by atoms with Crippen molar-refractivity contribution in [3.8, 4) is 0 Å². The highest BCUT2D eigenvalue weighted by Gasteiger charge is 2.73. The number of rotatable bonds is 0. The Labute approximate surface area is 134 Å². The molecule has 0 radical (unpaired) electrons. The van der Waals surface area contributed by atoms with Gasteiger partial charge in [-0.15, -0.1) is 0 Å². The van der Waals surface area contributed by atoms with Gasteiger partial charge in [0.15, 0.2) is 5.78 Å². The minimum atomic E-state index is 0.402. The molecular formula is C20H30O2. The number of hydrogen-bond acceptors (Lipinski definition) is 2. The topological polar surface area (TPSA) is 37.3 Å². The van der Waals surface area contributed by atoms with Crippen molar-refractivity contribution in [2.24, 2.45) is 34.5 Å². The average Bonchev–Trinajstić information content (AvgIpc) is 3.20. The zero-order chi connectivity index (χ0) is 15.5. The SMILES string of the molecule is CC12CCC3C4CCC(=O)C=C4CCC3C13CC3CC2.CO. The molecule has 0 aromatic rings. The quantitative estimate of drug-likeness (QED) is 0.730. The molecule has 0 heterocycles. The summed E-state index contributed by atoms with van der Waals surface area (Å²) in [5.41, 5.74) is 2.98. The monoisotopic (exact) mass is 302 g/mol. The molecule has 1 spiro atoms. The second-order valence-electron chi connectivity index (χ2n) is 8.72. The first-order chi connectivity index (χ1) is 10.6. The van der Waals surface area contributed by atoms with Gasteiger partial charge in [0.1, 0.15) is 0 Å². The van der Waals surface area contributed by atoms with Crippen molar-refractivity contribution in [3.63, 3.8) is 0 Å². The van der Waals surface area contributed by atoms with Crippen molar-refractivity contribution in [1.82, 2.24) is 0 Å². The fraction of sp³-hybridized carbons (Fsp3) is 0.850. The van der Waals surface area contributed by atoms with E-state index in [9.17, 15) is 4.79 Å². The molecule has 5 aliphatic rings. The molecule has 22 heavy (non-hydrogen) atoms. The van der Waals surface area contributed by atoms with E-state index in [1.807, 2.05) is 6.08 Å². The third kappa shape index (κ3) is 1.74. The normalized spacial score (nSPS) is 51.4. The lowest BCUT2D eigenvalue weighted by Crippen LogP contribution is -2.47. The van der Waals surface area contributed by atoms with Crippen molar-refractivity contribution >= 4 is 5.78 Å². The number of aliphatic hydroxyl groups is 1. The van der Waals surface area contributed by atoms with Gasteiger partial charge >= 0.3 is 0 Å². The van der Waals surface area contributed by atoms with Crippen LogP contribution >= 0.6 is 0 Å². The number of ketones is 1. The van der Waals surface area contributed by atoms with E-state index in [4.69, 9.17) is 5.11 Å². The third-order valence-corrected chi connectivity index (χ3v) is 8.31. The van der Waals surface area contributed by atoms with Crippen LogP contribution in [0.3, 0.4) is 0 Å². The summed E-state index contributed by atoms with van der Waals surface area (Å²) in [6.45, 7) is 2.62. The molecule has 0 aromatic heterocycles. The van der Waals surface area contributed by atoms with Gasteiger partial charge in [-0.2, -0.15) is 0 Å². The first-order valence-electron chi connectivity index (χ1n) is 9.32. The lowest BCUT2D eigenvalue weighted by molar-refractivity contribution is -0.116. The summed E-state index contributed by atoms with van der Waals surface area (Å²) in [7, 11) is 1.00. The highest BCUT2D eigenvalue weighted by Crippen LogP contribution is 2.81. The summed E-state index contributed by atoms with van der Waals surface area (Å²) >= 11 is 0. The van der Waals surface area contributed by atoms with Crippen molar-refractivity contribution < 1.29 is 9.90 Å². The number of hydrogen-bond donors (Lipinski definition) is 1. The summed E-state index contributed by atoms with van der Waals surface area (Å²) < 4.78 is 0. The van der Waals surface area contributed by atoms with Crippen LogP contribution in [0.25, 0.3) is 0 Å². The van der Waals surface area contributed by atoms with Crippen LogP contribution in [0, 0.1) is 34.5 Å². The van der Waals surface area contributed by atoms with Crippen LogP contribution in [0.1, 0.15) is 64.7 Å². The van der Waals surface area contributed by atoms with E-state index in [2.05, 4.69) is 6.92 Å². The van der Waals surface area contributed by atoms with E-state index in [-0.39, 0.29) is 0 Å². The van der Waals surface area contributed by atoms with Crippen molar-refractivity contribution in [3.05, 3.63) is 11.6 Å². The summed E-state index contributed by atoms with van der Waals surface area (Å²) in [4.78, 5) is 11.7. The van der Waals surface area contributed by atoms with Crippen LogP contribution in [0.15, 0.2) is 11.6 Å². The zero-order valence-corrected chi connectivity index (χ0v) is 14.1. The van der Waals surface area contributed by atoms with Crippen LogP contribution < -0.4 is 0 Å². The molecule has 5 aliphatic carbocycles.